The van der Waals surface area contributed by atoms with Crippen LogP contribution in [0.4, 0.5) is 0 Å². The number of hydrogen-bond donors (Lipinski definition) is 1. The Hall–Kier alpha value is -1.18. The Kier molecular flexibility index (Phi) is 5.96. The van der Waals surface area contributed by atoms with Crippen molar-refractivity contribution in [3.05, 3.63) is 0 Å². The molecule has 2 fully saturated rings. The molecule has 2 saturated heterocycles. The normalized spacial score (nSPS) is 23.5. The quantitative estimate of drug-likeness (QED) is 0.691. The van der Waals surface area contributed by atoms with Crippen LogP contribution in [0.5, 0.6) is 0 Å². The highest BCUT2D eigenvalue weighted by atomic mass is 16.5. The molecule has 0 aromatic carbocycles. The van der Waals surface area contributed by atoms with Gasteiger partial charge in [0.25, 0.3) is 0 Å². The summed E-state index contributed by atoms with van der Waals surface area (Å²) >= 11 is 0. The molecule has 0 spiro atoms. The maximum atomic E-state index is 12.2. The van der Waals surface area contributed by atoms with Crippen LogP contribution >= 0.6 is 0 Å². The van der Waals surface area contributed by atoms with E-state index in [2.05, 4.69) is 5.32 Å². The van der Waals surface area contributed by atoms with E-state index < -0.39 is 0 Å². The SMILES string of the molecule is CC1CN(C(=O)CN(C)CC(=O)N2CCNCC2)CCO1. The number of morpholine rings is 1. The minimum absolute atomic E-state index is 0.0701. The second-order valence-electron chi connectivity index (χ2n) is 5.82. The molecule has 2 rings (SSSR count). The van der Waals surface area contributed by atoms with Gasteiger partial charge in [-0.25, -0.2) is 0 Å². The lowest BCUT2D eigenvalue weighted by atomic mass is 10.3. The van der Waals surface area contributed by atoms with Crippen LogP contribution in [0.15, 0.2) is 0 Å². The van der Waals surface area contributed by atoms with E-state index in [9.17, 15) is 9.59 Å². The van der Waals surface area contributed by atoms with E-state index in [0.717, 1.165) is 26.2 Å². The molecule has 0 saturated carbocycles. The summed E-state index contributed by atoms with van der Waals surface area (Å²) in [4.78, 5) is 29.8. The van der Waals surface area contributed by atoms with Gasteiger partial charge < -0.3 is 19.9 Å². The lowest BCUT2D eigenvalue weighted by Crippen LogP contribution is -2.51. The number of likely N-dealkylation sites (N-methyl/N-ethyl adjacent to an activating group) is 1. The summed E-state index contributed by atoms with van der Waals surface area (Å²) in [7, 11) is 1.82. The highest BCUT2D eigenvalue weighted by molar-refractivity contribution is 5.81. The molecular formula is C14H26N4O3. The monoisotopic (exact) mass is 298 g/mol. The van der Waals surface area contributed by atoms with Gasteiger partial charge in [0.05, 0.1) is 25.8 Å². The Balaban J connectivity index is 1.74. The van der Waals surface area contributed by atoms with Crippen LogP contribution in [0.3, 0.4) is 0 Å². The molecule has 2 aliphatic heterocycles. The van der Waals surface area contributed by atoms with Crippen molar-refractivity contribution in [3.63, 3.8) is 0 Å². The summed E-state index contributed by atoms with van der Waals surface area (Å²) in [5, 5.41) is 3.22. The topological polar surface area (TPSA) is 65.1 Å². The molecule has 2 amide bonds. The minimum atomic E-state index is 0.0701. The third kappa shape index (κ3) is 4.94. The summed E-state index contributed by atoms with van der Waals surface area (Å²) in [6.07, 6.45) is 0.0930. The zero-order valence-electron chi connectivity index (χ0n) is 13.0. The van der Waals surface area contributed by atoms with Gasteiger partial charge >= 0.3 is 0 Å². The number of nitrogens with zero attached hydrogens (tertiary/aromatic N) is 3. The Morgan fingerprint density at radius 3 is 2.38 bits per heavy atom. The third-order valence-corrected chi connectivity index (χ3v) is 3.87. The van der Waals surface area contributed by atoms with Crippen molar-refractivity contribution in [2.75, 3.05) is 66.0 Å². The largest absolute Gasteiger partial charge is 0.375 e. The molecule has 2 aliphatic rings. The number of rotatable bonds is 4. The van der Waals surface area contributed by atoms with E-state index in [1.807, 2.05) is 23.8 Å². The zero-order chi connectivity index (χ0) is 15.2. The van der Waals surface area contributed by atoms with Crippen LogP contribution < -0.4 is 5.32 Å². The van der Waals surface area contributed by atoms with Crippen molar-refractivity contribution in [1.82, 2.24) is 20.0 Å². The lowest BCUT2D eigenvalue weighted by molar-refractivity contribution is -0.140. The first-order valence-corrected chi connectivity index (χ1v) is 7.62. The van der Waals surface area contributed by atoms with E-state index in [1.54, 1.807) is 4.90 Å². The first-order chi connectivity index (χ1) is 10.1. The highest BCUT2D eigenvalue weighted by Crippen LogP contribution is 2.05. The second-order valence-corrected chi connectivity index (χ2v) is 5.82. The molecule has 1 unspecified atom stereocenters. The highest BCUT2D eigenvalue weighted by Gasteiger charge is 2.23. The number of ether oxygens (including phenoxy) is 1. The van der Waals surface area contributed by atoms with E-state index in [-0.39, 0.29) is 24.5 Å². The number of carbonyl (C=O) groups is 2. The molecule has 0 aliphatic carbocycles. The summed E-state index contributed by atoms with van der Waals surface area (Å²) in [5.41, 5.74) is 0. The van der Waals surface area contributed by atoms with Crippen LogP contribution in [0.1, 0.15) is 6.92 Å². The summed E-state index contributed by atoms with van der Waals surface area (Å²) in [5.74, 6) is 0.169. The van der Waals surface area contributed by atoms with Crippen LogP contribution in [-0.4, -0.2) is 98.6 Å². The first-order valence-electron chi connectivity index (χ1n) is 7.62. The van der Waals surface area contributed by atoms with E-state index >= 15 is 0 Å². The Morgan fingerprint density at radius 1 is 1.14 bits per heavy atom. The minimum Gasteiger partial charge on any atom is -0.375 e. The van der Waals surface area contributed by atoms with Crippen LogP contribution in [0.2, 0.25) is 0 Å². The zero-order valence-corrected chi connectivity index (χ0v) is 13.0. The smallest absolute Gasteiger partial charge is 0.236 e. The fourth-order valence-corrected chi connectivity index (χ4v) is 2.68. The van der Waals surface area contributed by atoms with Crippen molar-refractivity contribution in [1.29, 1.82) is 0 Å². The number of nitrogens with one attached hydrogen (secondary N) is 1. The first kappa shape index (κ1) is 16.2. The van der Waals surface area contributed by atoms with Gasteiger partial charge in [-0.05, 0) is 14.0 Å². The molecule has 7 heteroatoms. The molecule has 0 aromatic rings. The third-order valence-electron chi connectivity index (χ3n) is 3.87. The van der Waals surface area contributed by atoms with Gasteiger partial charge in [-0.2, -0.15) is 0 Å². The molecule has 1 atom stereocenters. The molecule has 0 aromatic heterocycles. The molecule has 120 valence electrons. The molecule has 0 radical (unpaired) electrons. The van der Waals surface area contributed by atoms with Crippen molar-refractivity contribution in [2.24, 2.45) is 0 Å². The summed E-state index contributed by atoms with van der Waals surface area (Å²) < 4.78 is 5.43. The van der Waals surface area contributed by atoms with Crippen LogP contribution in [0.25, 0.3) is 0 Å². The van der Waals surface area contributed by atoms with Gasteiger partial charge in [0.2, 0.25) is 11.8 Å². The fraction of sp³-hybridized carbons (Fsp3) is 0.857. The van der Waals surface area contributed by atoms with Crippen LogP contribution in [0, 0.1) is 0 Å². The Morgan fingerprint density at radius 2 is 1.76 bits per heavy atom. The average Bonchev–Trinajstić information content (AvgIpc) is 2.48. The Bertz CT molecular complexity index is 371. The summed E-state index contributed by atoms with van der Waals surface area (Å²) in [6.45, 7) is 7.62. The van der Waals surface area contributed by atoms with Crippen molar-refractivity contribution in [2.45, 2.75) is 13.0 Å². The maximum absolute atomic E-state index is 12.2. The second kappa shape index (κ2) is 7.72. The lowest BCUT2D eigenvalue weighted by Gasteiger charge is -2.33. The van der Waals surface area contributed by atoms with Gasteiger partial charge in [0.15, 0.2) is 0 Å². The van der Waals surface area contributed by atoms with Crippen molar-refractivity contribution >= 4 is 11.8 Å². The number of piperazine rings is 1. The molecule has 2 heterocycles. The molecular weight excluding hydrogens is 272 g/mol. The summed E-state index contributed by atoms with van der Waals surface area (Å²) in [6, 6.07) is 0. The van der Waals surface area contributed by atoms with Gasteiger partial charge in [-0.15, -0.1) is 0 Å². The molecule has 1 N–H and O–H groups in total. The number of amides is 2. The molecule has 21 heavy (non-hydrogen) atoms. The predicted molar refractivity (Wildman–Crippen MR) is 78.9 cm³/mol. The standard InChI is InChI=1S/C14H26N4O3/c1-12-9-18(7-8-21-12)14(20)11-16(2)10-13(19)17-5-3-15-4-6-17/h12,15H,3-11H2,1-2H3. The maximum Gasteiger partial charge on any atom is 0.236 e. The van der Waals surface area contributed by atoms with Gasteiger partial charge in [0.1, 0.15) is 0 Å². The van der Waals surface area contributed by atoms with Crippen LogP contribution in [-0.2, 0) is 14.3 Å². The number of carbonyl (C=O) groups excluding carboxylic acids is 2. The van der Waals surface area contributed by atoms with Gasteiger partial charge in [0, 0.05) is 39.3 Å². The molecule has 7 nitrogen and oxygen atoms in total. The van der Waals surface area contributed by atoms with Crippen molar-refractivity contribution < 1.29 is 14.3 Å². The van der Waals surface area contributed by atoms with Gasteiger partial charge in [-0.1, -0.05) is 0 Å². The van der Waals surface area contributed by atoms with E-state index in [4.69, 9.17) is 4.74 Å². The van der Waals surface area contributed by atoms with Crippen molar-refractivity contribution in [3.8, 4) is 0 Å². The molecule has 0 bridgehead atoms. The predicted octanol–water partition coefficient (Wildman–Crippen LogP) is -1.40. The number of hydrogen-bond acceptors (Lipinski definition) is 5. The Labute approximate surface area is 126 Å². The van der Waals surface area contributed by atoms with Gasteiger partial charge in [-0.3, -0.25) is 14.5 Å². The average molecular weight is 298 g/mol. The van der Waals surface area contributed by atoms with E-state index in [0.29, 0.717) is 26.2 Å². The fourth-order valence-electron chi connectivity index (χ4n) is 2.68. The van der Waals surface area contributed by atoms with E-state index in [1.165, 1.54) is 0 Å².